The first-order valence-corrected chi connectivity index (χ1v) is 5.02. The smallest absolute Gasteiger partial charge is 0.141 e. The van der Waals surface area contributed by atoms with Gasteiger partial charge in [-0.2, -0.15) is 0 Å². The lowest BCUT2D eigenvalue weighted by Gasteiger charge is -2.20. The Bertz CT molecular complexity index is 312. The average molecular weight is 216 g/mol. The van der Waals surface area contributed by atoms with Gasteiger partial charge in [0.05, 0.1) is 5.02 Å². The number of hydrogen-bond donors (Lipinski definition) is 0. The summed E-state index contributed by atoms with van der Waals surface area (Å²) in [6, 6.07) is 5.32. The van der Waals surface area contributed by atoms with Gasteiger partial charge in [0, 0.05) is 12.6 Å². The van der Waals surface area contributed by atoms with Crippen molar-refractivity contribution >= 4 is 11.6 Å². The third-order valence-corrected chi connectivity index (χ3v) is 2.59. The summed E-state index contributed by atoms with van der Waals surface area (Å²) >= 11 is 5.68. The molecule has 78 valence electrons. The van der Waals surface area contributed by atoms with E-state index >= 15 is 0 Å². The molecule has 1 aromatic carbocycles. The van der Waals surface area contributed by atoms with E-state index in [1.165, 1.54) is 6.07 Å². The van der Waals surface area contributed by atoms with Crippen LogP contribution in [-0.2, 0) is 6.54 Å². The van der Waals surface area contributed by atoms with Gasteiger partial charge in [0.1, 0.15) is 5.82 Å². The number of halogens is 2. The maximum atomic E-state index is 12.8. The van der Waals surface area contributed by atoms with Crippen molar-refractivity contribution in [2.45, 2.75) is 26.4 Å². The van der Waals surface area contributed by atoms with Crippen molar-refractivity contribution in [3.05, 3.63) is 34.6 Å². The van der Waals surface area contributed by atoms with E-state index in [-0.39, 0.29) is 10.8 Å². The van der Waals surface area contributed by atoms with Gasteiger partial charge in [0.25, 0.3) is 0 Å². The lowest BCUT2D eigenvalue weighted by Crippen LogP contribution is -2.25. The predicted molar refractivity (Wildman–Crippen MR) is 58.0 cm³/mol. The van der Waals surface area contributed by atoms with Crippen LogP contribution in [0.25, 0.3) is 0 Å². The van der Waals surface area contributed by atoms with Crippen molar-refractivity contribution in [1.29, 1.82) is 0 Å². The predicted octanol–water partition coefficient (Wildman–Crippen LogP) is 3.32. The van der Waals surface area contributed by atoms with Gasteiger partial charge in [-0.15, -0.1) is 0 Å². The molecule has 0 unspecified atom stereocenters. The van der Waals surface area contributed by atoms with Gasteiger partial charge in [0.15, 0.2) is 0 Å². The summed E-state index contributed by atoms with van der Waals surface area (Å²) in [7, 11) is 2.03. The van der Waals surface area contributed by atoms with E-state index in [0.29, 0.717) is 6.04 Å². The maximum absolute atomic E-state index is 12.8. The Kier molecular flexibility index (Phi) is 3.90. The Labute approximate surface area is 89.5 Å². The van der Waals surface area contributed by atoms with Gasteiger partial charge in [-0.1, -0.05) is 17.7 Å². The van der Waals surface area contributed by atoms with Gasteiger partial charge in [-0.25, -0.2) is 4.39 Å². The summed E-state index contributed by atoms with van der Waals surface area (Å²) in [5.41, 5.74) is 1.03. The molecular weight excluding hydrogens is 201 g/mol. The van der Waals surface area contributed by atoms with Gasteiger partial charge in [0.2, 0.25) is 0 Å². The first kappa shape index (κ1) is 11.5. The fourth-order valence-corrected chi connectivity index (χ4v) is 1.31. The Balaban J connectivity index is 2.73. The van der Waals surface area contributed by atoms with Crippen molar-refractivity contribution in [2.75, 3.05) is 7.05 Å². The quantitative estimate of drug-likeness (QED) is 0.748. The van der Waals surface area contributed by atoms with Crippen LogP contribution < -0.4 is 0 Å². The highest BCUT2D eigenvalue weighted by atomic mass is 35.5. The monoisotopic (exact) mass is 215 g/mol. The molecule has 1 nitrogen and oxygen atoms in total. The zero-order valence-corrected chi connectivity index (χ0v) is 9.48. The molecule has 0 aliphatic carbocycles. The molecule has 0 bridgehead atoms. The molecule has 0 radical (unpaired) electrons. The summed E-state index contributed by atoms with van der Waals surface area (Å²) < 4.78 is 12.8. The number of rotatable bonds is 3. The van der Waals surface area contributed by atoms with Gasteiger partial charge >= 0.3 is 0 Å². The molecule has 0 aromatic heterocycles. The molecule has 0 saturated heterocycles. The van der Waals surface area contributed by atoms with Crippen LogP contribution >= 0.6 is 11.6 Å². The second kappa shape index (κ2) is 4.76. The second-order valence-electron chi connectivity index (χ2n) is 3.76. The van der Waals surface area contributed by atoms with Crippen molar-refractivity contribution in [3.63, 3.8) is 0 Å². The Morgan fingerprint density at radius 2 is 2.07 bits per heavy atom. The van der Waals surface area contributed by atoms with Crippen molar-refractivity contribution < 1.29 is 4.39 Å². The second-order valence-corrected chi connectivity index (χ2v) is 4.16. The number of hydrogen-bond acceptors (Lipinski definition) is 1. The van der Waals surface area contributed by atoms with E-state index in [1.807, 2.05) is 7.05 Å². The van der Waals surface area contributed by atoms with Crippen LogP contribution in [-0.4, -0.2) is 18.0 Å². The van der Waals surface area contributed by atoms with Crippen molar-refractivity contribution in [2.24, 2.45) is 0 Å². The SMILES string of the molecule is CC(C)N(C)Cc1ccc(F)c(Cl)c1. The van der Waals surface area contributed by atoms with E-state index in [9.17, 15) is 4.39 Å². The van der Waals surface area contributed by atoms with Crippen LogP contribution in [0.1, 0.15) is 19.4 Å². The van der Waals surface area contributed by atoms with Gasteiger partial charge < -0.3 is 0 Å². The molecule has 0 fully saturated rings. The van der Waals surface area contributed by atoms with Crippen LogP contribution in [0.3, 0.4) is 0 Å². The Morgan fingerprint density at radius 3 is 2.57 bits per heavy atom. The molecule has 0 N–H and O–H groups in total. The molecule has 14 heavy (non-hydrogen) atoms. The first-order valence-electron chi connectivity index (χ1n) is 4.65. The van der Waals surface area contributed by atoms with Crippen molar-refractivity contribution in [3.8, 4) is 0 Å². The van der Waals surface area contributed by atoms with Crippen molar-refractivity contribution in [1.82, 2.24) is 4.90 Å². The van der Waals surface area contributed by atoms with Crippen LogP contribution in [0.4, 0.5) is 4.39 Å². The molecule has 0 aliphatic heterocycles. The number of nitrogens with zero attached hydrogens (tertiary/aromatic N) is 1. The van der Waals surface area contributed by atoms with E-state index in [1.54, 1.807) is 12.1 Å². The minimum atomic E-state index is -0.359. The summed E-state index contributed by atoms with van der Waals surface area (Å²) in [4.78, 5) is 2.17. The molecule has 1 rings (SSSR count). The first-order chi connectivity index (χ1) is 6.50. The summed E-state index contributed by atoms with van der Waals surface area (Å²) in [5, 5.41) is 0.194. The highest BCUT2D eigenvalue weighted by Gasteiger charge is 2.06. The normalized spacial score (nSPS) is 11.4. The largest absolute Gasteiger partial charge is 0.300 e. The van der Waals surface area contributed by atoms with E-state index in [0.717, 1.165) is 12.1 Å². The third-order valence-electron chi connectivity index (χ3n) is 2.30. The zero-order chi connectivity index (χ0) is 10.7. The van der Waals surface area contributed by atoms with E-state index < -0.39 is 0 Å². The fraction of sp³-hybridized carbons (Fsp3) is 0.455. The summed E-state index contributed by atoms with van der Waals surface area (Å²) in [6.45, 7) is 5.02. The molecule has 0 aliphatic rings. The molecule has 0 atom stereocenters. The lowest BCUT2D eigenvalue weighted by molar-refractivity contribution is 0.266. The Morgan fingerprint density at radius 1 is 1.43 bits per heavy atom. The molecule has 0 spiro atoms. The fourth-order valence-electron chi connectivity index (χ4n) is 1.11. The van der Waals surface area contributed by atoms with Crippen LogP contribution in [0.15, 0.2) is 18.2 Å². The number of benzene rings is 1. The molecule has 0 saturated carbocycles. The maximum Gasteiger partial charge on any atom is 0.141 e. The van der Waals surface area contributed by atoms with E-state index in [2.05, 4.69) is 18.7 Å². The lowest BCUT2D eigenvalue weighted by atomic mass is 10.2. The summed E-state index contributed by atoms with van der Waals surface area (Å²) in [5.74, 6) is -0.359. The molecule has 0 heterocycles. The zero-order valence-electron chi connectivity index (χ0n) is 8.72. The van der Waals surface area contributed by atoms with Crippen LogP contribution in [0.2, 0.25) is 5.02 Å². The van der Waals surface area contributed by atoms with Gasteiger partial charge in [-0.3, -0.25) is 4.90 Å². The van der Waals surface area contributed by atoms with Crippen LogP contribution in [0, 0.1) is 5.82 Å². The van der Waals surface area contributed by atoms with E-state index in [4.69, 9.17) is 11.6 Å². The average Bonchev–Trinajstić information content (AvgIpc) is 2.11. The molecule has 3 heteroatoms. The topological polar surface area (TPSA) is 3.24 Å². The highest BCUT2D eigenvalue weighted by molar-refractivity contribution is 6.30. The standard InChI is InChI=1S/C11H15ClFN/c1-8(2)14(3)7-9-4-5-11(13)10(12)6-9/h4-6,8H,7H2,1-3H3. The third kappa shape index (κ3) is 2.96. The molecule has 1 aromatic rings. The van der Waals surface area contributed by atoms with Crippen LogP contribution in [0.5, 0.6) is 0 Å². The minimum Gasteiger partial charge on any atom is -0.300 e. The molecule has 0 amide bonds. The van der Waals surface area contributed by atoms with Gasteiger partial charge in [-0.05, 0) is 38.6 Å². The minimum absolute atomic E-state index is 0.194. The Hall–Kier alpha value is -0.600. The summed E-state index contributed by atoms with van der Waals surface area (Å²) in [6.07, 6.45) is 0. The highest BCUT2D eigenvalue weighted by Crippen LogP contribution is 2.17. The molecular formula is C11H15ClFN.